The maximum absolute atomic E-state index is 12.6. The highest BCUT2D eigenvalue weighted by molar-refractivity contribution is 5.96. The lowest BCUT2D eigenvalue weighted by molar-refractivity contribution is -0.137. The Morgan fingerprint density at radius 2 is 1.79 bits per heavy atom. The average molecular weight is 343 g/mol. The van der Waals surface area contributed by atoms with Gasteiger partial charge in [0, 0.05) is 5.56 Å². The van der Waals surface area contributed by atoms with Crippen molar-refractivity contribution in [2.24, 2.45) is 0 Å². The SMILES string of the molecule is O=C(CNC(=O)c1cccc(C(F)(F)F)c1)NCN1CCCCC1. The van der Waals surface area contributed by atoms with Gasteiger partial charge in [0.2, 0.25) is 5.91 Å². The van der Waals surface area contributed by atoms with Crippen molar-refractivity contribution < 1.29 is 22.8 Å². The fourth-order valence-corrected chi connectivity index (χ4v) is 2.48. The molecular weight excluding hydrogens is 323 g/mol. The molecule has 1 aliphatic heterocycles. The maximum atomic E-state index is 12.6. The Hall–Kier alpha value is -2.09. The van der Waals surface area contributed by atoms with Crippen LogP contribution >= 0.6 is 0 Å². The number of alkyl halides is 3. The van der Waals surface area contributed by atoms with Crippen LogP contribution in [0.4, 0.5) is 13.2 Å². The highest BCUT2D eigenvalue weighted by Crippen LogP contribution is 2.29. The molecule has 5 nitrogen and oxygen atoms in total. The van der Waals surface area contributed by atoms with E-state index >= 15 is 0 Å². The molecule has 8 heteroatoms. The van der Waals surface area contributed by atoms with Gasteiger partial charge in [0.05, 0.1) is 18.8 Å². The monoisotopic (exact) mass is 343 g/mol. The predicted octanol–water partition coefficient (Wildman–Crippen LogP) is 1.99. The van der Waals surface area contributed by atoms with E-state index in [0.29, 0.717) is 6.67 Å². The zero-order chi connectivity index (χ0) is 17.6. The number of hydrogen-bond donors (Lipinski definition) is 2. The minimum atomic E-state index is -4.51. The molecule has 1 aromatic rings. The first-order valence-electron chi connectivity index (χ1n) is 7.81. The number of benzene rings is 1. The van der Waals surface area contributed by atoms with Crippen molar-refractivity contribution >= 4 is 11.8 Å². The zero-order valence-corrected chi connectivity index (χ0v) is 13.2. The summed E-state index contributed by atoms with van der Waals surface area (Å²) in [6.45, 7) is 1.99. The third-order valence-corrected chi connectivity index (χ3v) is 3.81. The molecule has 0 bridgehead atoms. The number of carbonyl (C=O) groups is 2. The fourth-order valence-electron chi connectivity index (χ4n) is 2.48. The van der Waals surface area contributed by atoms with E-state index in [2.05, 4.69) is 15.5 Å². The number of halogens is 3. The largest absolute Gasteiger partial charge is 0.416 e. The molecule has 0 unspecified atom stereocenters. The van der Waals surface area contributed by atoms with E-state index in [1.54, 1.807) is 0 Å². The molecular formula is C16H20F3N3O2. The van der Waals surface area contributed by atoms with Gasteiger partial charge in [-0.25, -0.2) is 0 Å². The van der Waals surface area contributed by atoms with Gasteiger partial charge in [0.15, 0.2) is 0 Å². The van der Waals surface area contributed by atoms with Crippen LogP contribution < -0.4 is 10.6 Å². The van der Waals surface area contributed by atoms with Crippen LogP contribution in [-0.2, 0) is 11.0 Å². The molecule has 24 heavy (non-hydrogen) atoms. The predicted molar refractivity (Wildman–Crippen MR) is 82.2 cm³/mol. The summed E-state index contributed by atoms with van der Waals surface area (Å²) in [5.41, 5.74) is -1.03. The molecule has 0 saturated carbocycles. The summed E-state index contributed by atoms with van der Waals surface area (Å²) in [5.74, 6) is -1.09. The molecule has 2 amide bonds. The van der Waals surface area contributed by atoms with Crippen LogP contribution in [0.1, 0.15) is 35.2 Å². The van der Waals surface area contributed by atoms with Crippen molar-refractivity contribution in [3.05, 3.63) is 35.4 Å². The molecule has 0 atom stereocenters. The summed E-state index contributed by atoms with van der Waals surface area (Å²) in [5, 5.41) is 5.02. The number of amides is 2. The Bertz CT molecular complexity index is 584. The number of rotatable bonds is 5. The number of likely N-dealkylation sites (tertiary alicyclic amines) is 1. The normalized spacial score (nSPS) is 15.8. The standard InChI is InChI=1S/C16H20F3N3O2/c17-16(18,19)13-6-4-5-12(9-13)15(24)20-10-14(23)21-11-22-7-2-1-3-8-22/h4-6,9H,1-3,7-8,10-11H2,(H,20,24)(H,21,23). The van der Waals surface area contributed by atoms with E-state index in [-0.39, 0.29) is 18.0 Å². The van der Waals surface area contributed by atoms with Crippen molar-refractivity contribution in [1.29, 1.82) is 0 Å². The summed E-state index contributed by atoms with van der Waals surface area (Å²) < 4.78 is 37.9. The quantitative estimate of drug-likeness (QED) is 0.860. The number of hydrogen-bond acceptors (Lipinski definition) is 3. The topological polar surface area (TPSA) is 61.4 Å². The highest BCUT2D eigenvalue weighted by atomic mass is 19.4. The first-order valence-corrected chi connectivity index (χ1v) is 7.81. The Morgan fingerprint density at radius 1 is 1.08 bits per heavy atom. The average Bonchev–Trinajstić information content (AvgIpc) is 2.58. The van der Waals surface area contributed by atoms with Gasteiger partial charge in [0.1, 0.15) is 0 Å². The molecule has 0 aliphatic carbocycles. The molecule has 0 aromatic heterocycles. The van der Waals surface area contributed by atoms with Gasteiger partial charge in [-0.3, -0.25) is 14.5 Å². The Morgan fingerprint density at radius 3 is 2.46 bits per heavy atom. The summed E-state index contributed by atoms with van der Waals surface area (Å²) in [6, 6.07) is 4.09. The summed E-state index contributed by atoms with van der Waals surface area (Å²) in [4.78, 5) is 25.7. The summed E-state index contributed by atoms with van der Waals surface area (Å²) >= 11 is 0. The van der Waals surface area contributed by atoms with Crippen LogP contribution in [-0.4, -0.2) is 43.0 Å². The minimum absolute atomic E-state index is 0.131. The number of piperidine rings is 1. The van der Waals surface area contributed by atoms with Crippen molar-refractivity contribution in [1.82, 2.24) is 15.5 Å². The second kappa shape index (κ2) is 8.14. The molecule has 0 spiro atoms. The second-order valence-electron chi connectivity index (χ2n) is 5.70. The van der Waals surface area contributed by atoms with Crippen LogP contribution in [0.5, 0.6) is 0 Å². The van der Waals surface area contributed by atoms with E-state index < -0.39 is 17.6 Å². The van der Waals surface area contributed by atoms with Crippen molar-refractivity contribution in [2.45, 2.75) is 25.4 Å². The van der Waals surface area contributed by atoms with Gasteiger partial charge < -0.3 is 10.6 Å². The van der Waals surface area contributed by atoms with Gasteiger partial charge >= 0.3 is 6.18 Å². The Labute approximate surface area is 138 Å². The van der Waals surface area contributed by atoms with Crippen molar-refractivity contribution in [3.8, 4) is 0 Å². The Balaban J connectivity index is 1.79. The lowest BCUT2D eigenvalue weighted by Gasteiger charge is -2.26. The van der Waals surface area contributed by atoms with Crippen LogP contribution in [0.25, 0.3) is 0 Å². The second-order valence-corrected chi connectivity index (χ2v) is 5.70. The fraction of sp³-hybridized carbons (Fsp3) is 0.500. The smallest absolute Gasteiger partial charge is 0.343 e. The number of carbonyl (C=O) groups excluding carboxylic acids is 2. The molecule has 2 N–H and O–H groups in total. The summed E-state index contributed by atoms with van der Waals surface area (Å²) in [7, 11) is 0. The van der Waals surface area contributed by atoms with Crippen LogP contribution in [0, 0.1) is 0 Å². The highest BCUT2D eigenvalue weighted by Gasteiger charge is 2.30. The van der Waals surface area contributed by atoms with Gasteiger partial charge in [0.25, 0.3) is 5.91 Å². The van der Waals surface area contributed by atoms with E-state index in [0.717, 1.165) is 44.1 Å². The molecule has 1 aliphatic rings. The van der Waals surface area contributed by atoms with Gasteiger partial charge in [-0.05, 0) is 44.1 Å². The first kappa shape index (κ1) is 18.3. The molecule has 1 fully saturated rings. The van der Waals surface area contributed by atoms with E-state index in [4.69, 9.17) is 0 Å². The molecule has 1 heterocycles. The first-order chi connectivity index (χ1) is 11.4. The van der Waals surface area contributed by atoms with E-state index in [9.17, 15) is 22.8 Å². The van der Waals surface area contributed by atoms with Gasteiger partial charge in [-0.1, -0.05) is 12.5 Å². The third-order valence-electron chi connectivity index (χ3n) is 3.81. The van der Waals surface area contributed by atoms with Crippen LogP contribution in [0.3, 0.4) is 0 Å². The molecule has 2 rings (SSSR count). The number of nitrogens with one attached hydrogen (secondary N) is 2. The van der Waals surface area contributed by atoms with Crippen LogP contribution in [0.2, 0.25) is 0 Å². The lowest BCUT2D eigenvalue weighted by Crippen LogP contribution is -2.44. The maximum Gasteiger partial charge on any atom is 0.416 e. The Kier molecular flexibility index (Phi) is 6.19. The van der Waals surface area contributed by atoms with E-state index in [1.165, 1.54) is 12.5 Å². The molecule has 1 saturated heterocycles. The van der Waals surface area contributed by atoms with Crippen molar-refractivity contribution in [3.63, 3.8) is 0 Å². The third kappa shape index (κ3) is 5.52. The molecule has 132 valence electrons. The zero-order valence-electron chi connectivity index (χ0n) is 13.2. The molecule has 0 radical (unpaired) electrons. The van der Waals surface area contributed by atoms with E-state index in [1.807, 2.05) is 0 Å². The van der Waals surface area contributed by atoms with Gasteiger partial charge in [-0.2, -0.15) is 13.2 Å². The minimum Gasteiger partial charge on any atom is -0.343 e. The van der Waals surface area contributed by atoms with Gasteiger partial charge in [-0.15, -0.1) is 0 Å². The number of nitrogens with zero attached hydrogens (tertiary/aromatic N) is 1. The lowest BCUT2D eigenvalue weighted by atomic mass is 10.1. The van der Waals surface area contributed by atoms with Crippen LogP contribution in [0.15, 0.2) is 24.3 Å². The summed E-state index contributed by atoms with van der Waals surface area (Å²) in [6.07, 6.45) is -1.12. The van der Waals surface area contributed by atoms with Crippen molar-refractivity contribution in [2.75, 3.05) is 26.3 Å². The molecule has 1 aromatic carbocycles.